The van der Waals surface area contributed by atoms with E-state index in [4.69, 9.17) is 9.84 Å². The average molecular weight is 518 g/mol. The summed E-state index contributed by atoms with van der Waals surface area (Å²) in [7, 11) is 0. The molecular weight excluding hydrogens is 495 g/mol. The lowest BCUT2D eigenvalue weighted by atomic mass is 10.1. The molecule has 5 rings (SSSR count). The summed E-state index contributed by atoms with van der Waals surface area (Å²) in [6.07, 6.45) is 5.00. The smallest absolute Gasteiger partial charge is 0.370 e. The first-order chi connectivity index (χ1) is 18.4. The Labute approximate surface area is 215 Å². The Kier molecular flexibility index (Phi) is 7.18. The third kappa shape index (κ3) is 5.73. The van der Waals surface area contributed by atoms with E-state index in [0.717, 1.165) is 11.6 Å². The van der Waals surface area contributed by atoms with Crippen molar-refractivity contribution in [2.75, 3.05) is 0 Å². The number of halogens is 3. The summed E-state index contributed by atoms with van der Waals surface area (Å²) in [5.41, 5.74) is 1.75. The van der Waals surface area contributed by atoms with Gasteiger partial charge in [0.05, 0.1) is 30.3 Å². The molecule has 4 heterocycles. The Morgan fingerprint density at radius 1 is 0.868 bits per heavy atom. The van der Waals surface area contributed by atoms with E-state index in [1.807, 2.05) is 37.3 Å². The summed E-state index contributed by atoms with van der Waals surface area (Å²) in [6.45, 7) is 2.42. The van der Waals surface area contributed by atoms with Crippen LogP contribution in [0.5, 0.6) is 0 Å². The van der Waals surface area contributed by atoms with Gasteiger partial charge in [-0.15, -0.1) is 0 Å². The number of ether oxygens (including phenoxy) is 1. The second kappa shape index (κ2) is 10.9. The Bertz CT molecular complexity index is 1540. The maximum Gasteiger partial charge on any atom is 0.433 e. The first-order valence-corrected chi connectivity index (χ1v) is 11.7. The van der Waals surface area contributed by atoms with E-state index in [-0.39, 0.29) is 6.61 Å². The molecule has 0 saturated heterocycles. The number of pyridine rings is 1. The molecule has 0 spiro atoms. The SMILES string of the molecule is CC(c1ccc(C(F)(F)F)nc1)n1nc(COCc2ccccc2)c2cnc(C=Cc3ncccn3)nc21. The minimum Gasteiger partial charge on any atom is -0.370 e. The van der Waals surface area contributed by atoms with Crippen LogP contribution < -0.4 is 0 Å². The van der Waals surface area contributed by atoms with Gasteiger partial charge in [-0.05, 0) is 42.3 Å². The van der Waals surface area contributed by atoms with Crippen LogP contribution in [0.25, 0.3) is 23.2 Å². The molecule has 0 saturated carbocycles. The fraction of sp³-hybridized carbons (Fsp3) is 0.185. The van der Waals surface area contributed by atoms with E-state index in [2.05, 4.69) is 24.9 Å². The van der Waals surface area contributed by atoms with Gasteiger partial charge in [0, 0.05) is 24.8 Å². The molecule has 11 heteroatoms. The zero-order chi connectivity index (χ0) is 26.5. The minimum atomic E-state index is -4.51. The molecule has 192 valence electrons. The van der Waals surface area contributed by atoms with Crippen molar-refractivity contribution in [3.63, 3.8) is 0 Å². The number of hydrogen-bond donors (Lipinski definition) is 0. The summed E-state index contributed by atoms with van der Waals surface area (Å²) in [5.74, 6) is 0.907. The van der Waals surface area contributed by atoms with Crippen LogP contribution in [0.1, 0.15) is 47.1 Å². The number of alkyl halides is 3. The molecule has 0 radical (unpaired) electrons. The first-order valence-electron chi connectivity index (χ1n) is 11.7. The van der Waals surface area contributed by atoms with Crippen LogP contribution in [0.4, 0.5) is 13.2 Å². The highest BCUT2D eigenvalue weighted by atomic mass is 19.4. The second-order valence-electron chi connectivity index (χ2n) is 8.43. The van der Waals surface area contributed by atoms with Crippen LogP contribution in [0.3, 0.4) is 0 Å². The van der Waals surface area contributed by atoms with Crippen molar-refractivity contribution < 1.29 is 17.9 Å². The third-order valence-electron chi connectivity index (χ3n) is 5.79. The van der Waals surface area contributed by atoms with E-state index in [0.29, 0.717) is 40.5 Å². The Balaban J connectivity index is 1.47. The molecule has 0 bridgehead atoms. The van der Waals surface area contributed by atoms with Crippen LogP contribution in [0, 0.1) is 0 Å². The van der Waals surface area contributed by atoms with Gasteiger partial charge >= 0.3 is 6.18 Å². The summed E-state index contributed by atoms with van der Waals surface area (Å²) in [5, 5.41) is 5.40. The van der Waals surface area contributed by atoms with Gasteiger partial charge in [-0.2, -0.15) is 18.3 Å². The highest BCUT2D eigenvalue weighted by Crippen LogP contribution is 2.29. The predicted octanol–water partition coefficient (Wildman–Crippen LogP) is 5.53. The van der Waals surface area contributed by atoms with Crippen molar-refractivity contribution in [3.8, 4) is 0 Å². The first kappa shape index (κ1) is 25.2. The van der Waals surface area contributed by atoms with Crippen LogP contribution in [0.2, 0.25) is 0 Å². The van der Waals surface area contributed by atoms with Gasteiger partial charge in [0.1, 0.15) is 5.69 Å². The summed E-state index contributed by atoms with van der Waals surface area (Å²) >= 11 is 0. The van der Waals surface area contributed by atoms with Crippen molar-refractivity contribution >= 4 is 23.2 Å². The van der Waals surface area contributed by atoms with Gasteiger partial charge in [0.25, 0.3) is 0 Å². The molecule has 4 aromatic heterocycles. The highest BCUT2D eigenvalue weighted by Gasteiger charge is 2.32. The van der Waals surface area contributed by atoms with Gasteiger partial charge in [-0.1, -0.05) is 36.4 Å². The Hall–Kier alpha value is -4.51. The van der Waals surface area contributed by atoms with E-state index in [1.165, 1.54) is 12.3 Å². The van der Waals surface area contributed by atoms with Crippen molar-refractivity contribution in [1.29, 1.82) is 0 Å². The number of benzene rings is 1. The zero-order valence-corrected chi connectivity index (χ0v) is 20.2. The van der Waals surface area contributed by atoms with E-state index in [1.54, 1.807) is 41.5 Å². The van der Waals surface area contributed by atoms with E-state index >= 15 is 0 Å². The number of fused-ring (bicyclic) bond motifs is 1. The molecule has 5 aromatic rings. The summed E-state index contributed by atoms with van der Waals surface area (Å²) in [6, 6.07) is 13.4. The lowest BCUT2D eigenvalue weighted by Crippen LogP contribution is -2.12. The van der Waals surface area contributed by atoms with Crippen LogP contribution >= 0.6 is 0 Å². The summed E-state index contributed by atoms with van der Waals surface area (Å²) < 4.78 is 46.6. The molecule has 38 heavy (non-hydrogen) atoms. The molecular formula is C27H22F3N7O. The number of rotatable bonds is 8. The lowest BCUT2D eigenvalue weighted by Gasteiger charge is -2.14. The van der Waals surface area contributed by atoms with Crippen LogP contribution in [-0.2, 0) is 24.1 Å². The third-order valence-corrected chi connectivity index (χ3v) is 5.79. The standard InChI is InChI=1S/C27H22F3N7O/c1-18(20-8-9-23(33-14-20)27(28,29)30)37-26-21(22(36-37)17-38-16-19-6-3-2-4-7-19)15-34-25(35-26)11-10-24-31-12-5-13-32-24/h2-15,18H,16-17H2,1H3. The molecule has 0 fully saturated rings. The number of hydrogen-bond acceptors (Lipinski definition) is 7. The normalized spacial score (nSPS) is 12.8. The van der Waals surface area contributed by atoms with Crippen molar-refractivity contribution in [2.45, 2.75) is 32.4 Å². The predicted molar refractivity (Wildman–Crippen MR) is 134 cm³/mol. The Morgan fingerprint density at radius 2 is 1.63 bits per heavy atom. The van der Waals surface area contributed by atoms with Gasteiger partial charge in [-0.3, -0.25) is 4.98 Å². The van der Waals surface area contributed by atoms with Crippen molar-refractivity contribution in [3.05, 3.63) is 107 Å². The molecule has 8 nitrogen and oxygen atoms in total. The average Bonchev–Trinajstić information content (AvgIpc) is 3.30. The molecule has 0 amide bonds. The number of nitrogens with zero attached hydrogens (tertiary/aromatic N) is 7. The fourth-order valence-corrected chi connectivity index (χ4v) is 3.80. The molecule has 1 unspecified atom stereocenters. The van der Waals surface area contributed by atoms with Crippen molar-refractivity contribution in [1.82, 2.24) is 34.7 Å². The van der Waals surface area contributed by atoms with Crippen LogP contribution in [-0.4, -0.2) is 34.7 Å². The maximum absolute atomic E-state index is 13.0. The molecule has 0 aliphatic rings. The largest absolute Gasteiger partial charge is 0.433 e. The zero-order valence-electron chi connectivity index (χ0n) is 20.2. The molecule has 0 aliphatic heterocycles. The Morgan fingerprint density at radius 3 is 2.34 bits per heavy atom. The van der Waals surface area contributed by atoms with Crippen LogP contribution in [0.15, 0.2) is 73.3 Å². The van der Waals surface area contributed by atoms with Gasteiger partial charge in [-0.25, -0.2) is 24.6 Å². The van der Waals surface area contributed by atoms with Gasteiger partial charge in [0.15, 0.2) is 17.3 Å². The lowest BCUT2D eigenvalue weighted by molar-refractivity contribution is -0.141. The highest BCUT2D eigenvalue weighted by molar-refractivity contribution is 5.79. The molecule has 1 atom stereocenters. The van der Waals surface area contributed by atoms with Gasteiger partial charge in [0.2, 0.25) is 0 Å². The second-order valence-corrected chi connectivity index (χ2v) is 8.43. The van der Waals surface area contributed by atoms with E-state index in [9.17, 15) is 13.2 Å². The number of aromatic nitrogens is 7. The van der Waals surface area contributed by atoms with E-state index < -0.39 is 17.9 Å². The molecule has 1 aromatic carbocycles. The topological polar surface area (TPSA) is 91.5 Å². The minimum absolute atomic E-state index is 0.201. The monoisotopic (exact) mass is 517 g/mol. The molecule has 0 aliphatic carbocycles. The quantitative estimate of drug-likeness (QED) is 0.267. The van der Waals surface area contributed by atoms with Gasteiger partial charge < -0.3 is 4.74 Å². The van der Waals surface area contributed by atoms with Crippen molar-refractivity contribution in [2.24, 2.45) is 0 Å². The molecule has 0 N–H and O–H groups in total. The summed E-state index contributed by atoms with van der Waals surface area (Å²) in [4.78, 5) is 21.0. The maximum atomic E-state index is 13.0. The fourth-order valence-electron chi connectivity index (χ4n) is 3.80.